The standard InChI is InChI=1S/C14H22F2N2/c1-14(2,3)18-10-9-17-8-7-11-12(15)5-4-6-13(11)16/h4-6,17-18H,7-10H2,1-3H3. The Bertz CT molecular complexity index is 352. The molecular formula is C14H22F2N2. The summed E-state index contributed by atoms with van der Waals surface area (Å²) in [6.45, 7) is 8.49. The van der Waals surface area contributed by atoms with E-state index in [1.54, 1.807) is 0 Å². The van der Waals surface area contributed by atoms with E-state index in [9.17, 15) is 8.78 Å². The smallest absolute Gasteiger partial charge is 0.129 e. The zero-order valence-electron chi connectivity index (χ0n) is 11.3. The number of halogens is 2. The molecule has 1 aromatic carbocycles. The third-order valence-corrected chi connectivity index (χ3v) is 2.57. The van der Waals surface area contributed by atoms with Crippen LogP contribution in [0.3, 0.4) is 0 Å². The topological polar surface area (TPSA) is 24.1 Å². The van der Waals surface area contributed by atoms with Gasteiger partial charge in [-0.15, -0.1) is 0 Å². The van der Waals surface area contributed by atoms with Crippen molar-refractivity contribution in [3.63, 3.8) is 0 Å². The van der Waals surface area contributed by atoms with Crippen molar-refractivity contribution in [2.45, 2.75) is 32.7 Å². The SMILES string of the molecule is CC(C)(C)NCCNCCc1c(F)cccc1F. The van der Waals surface area contributed by atoms with E-state index in [4.69, 9.17) is 0 Å². The maximum absolute atomic E-state index is 13.3. The average molecular weight is 256 g/mol. The fourth-order valence-electron chi connectivity index (χ4n) is 1.64. The van der Waals surface area contributed by atoms with Crippen molar-refractivity contribution in [2.24, 2.45) is 0 Å². The fraction of sp³-hybridized carbons (Fsp3) is 0.571. The molecule has 1 rings (SSSR count). The molecular weight excluding hydrogens is 234 g/mol. The molecule has 0 aliphatic rings. The molecule has 2 nitrogen and oxygen atoms in total. The Hall–Kier alpha value is -1.00. The molecule has 0 aromatic heterocycles. The molecule has 0 heterocycles. The van der Waals surface area contributed by atoms with Gasteiger partial charge in [0, 0.05) is 24.2 Å². The van der Waals surface area contributed by atoms with Gasteiger partial charge in [-0.2, -0.15) is 0 Å². The molecule has 0 bridgehead atoms. The minimum atomic E-state index is -0.468. The molecule has 1 aromatic rings. The van der Waals surface area contributed by atoms with Crippen molar-refractivity contribution in [2.75, 3.05) is 19.6 Å². The van der Waals surface area contributed by atoms with Gasteiger partial charge in [-0.25, -0.2) is 8.78 Å². The highest BCUT2D eigenvalue weighted by atomic mass is 19.1. The van der Waals surface area contributed by atoms with Gasteiger partial charge < -0.3 is 10.6 Å². The quantitative estimate of drug-likeness (QED) is 0.764. The van der Waals surface area contributed by atoms with Crippen LogP contribution in [-0.4, -0.2) is 25.2 Å². The Balaban J connectivity index is 2.22. The second-order valence-corrected chi connectivity index (χ2v) is 5.38. The monoisotopic (exact) mass is 256 g/mol. The number of hydrogen-bond acceptors (Lipinski definition) is 2. The predicted molar refractivity (Wildman–Crippen MR) is 70.7 cm³/mol. The summed E-state index contributed by atoms with van der Waals surface area (Å²) >= 11 is 0. The first-order valence-electron chi connectivity index (χ1n) is 6.29. The van der Waals surface area contributed by atoms with E-state index in [1.807, 2.05) is 0 Å². The molecule has 2 N–H and O–H groups in total. The van der Waals surface area contributed by atoms with E-state index >= 15 is 0 Å². The van der Waals surface area contributed by atoms with Crippen LogP contribution in [0.4, 0.5) is 8.78 Å². The van der Waals surface area contributed by atoms with Crippen LogP contribution in [0.1, 0.15) is 26.3 Å². The number of rotatable bonds is 6. The van der Waals surface area contributed by atoms with E-state index in [0.717, 1.165) is 13.1 Å². The summed E-state index contributed by atoms with van der Waals surface area (Å²) in [5, 5.41) is 6.50. The molecule has 0 fully saturated rings. The molecule has 0 saturated carbocycles. The molecule has 0 spiro atoms. The Morgan fingerprint density at radius 3 is 2.17 bits per heavy atom. The Morgan fingerprint density at radius 1 is 1.00 bits per heavy atom. The van der Waals surface area contributed by atoms with Crippen molar-refractivity contribution in [3.05, 3.63) is 35.4 Å². The first-order chi connectivity index (χ1) is 8.40. The zero-order chi connectivity index (χ0) is 13.6. The highest BCUT2D eigenvalue weighted by Gasteiger charge is 2.08. The molecule has 4 heteroatoms. The van der Waals surface area contributed by atoms with Crippen LogP contribution in [0.2, 0.25) is 0 Å². The van der Waals surface area contributed by atoms with Gasteiger partial charge in [0.05, 0.1) is 0 Å². The van der Waals surface area contributed by atoms with Crippen LogP contribution in [0.15, 0.2) is 18.2 Å². The van der Waals surface area contributed by atoms with Crippen molar-refractivity contribution in [1.82, 2.24) is 10.6 Å². The molecule has 0 aliphatic carbocycles. The van der Waals surface area contributed by atoms with Gasteiger partial charge in [-0.3, -0.25) is 0 Å². The van der Waals surface area contributed by atoms with Crippen LogP contribution in [0.5, 0.6) is 0 Å². The third-order valence-electron chi connectivity index (χ3n) is 2.57. The molecule has 18 heavy (non-hydrogen) atoms. The summed E-state index contributed by atoms with van der Waals surface area (Å²) in [7, 11) is 0. The number of benzene rings is 1. The highest BCUT2D eigenvalue weighted by molar-refractivity contribution is 5.19. The molecule has 0 unspecified atom stereocenters. The van der Waals surface area contributed by atoms with E-state index in [1.165, 1.54) is 18.2 Å². The highest BCUT2D eigenvalue weighted by Crippen LogP contribution is 2.11. The number of hydrogen-bond donors (Lipinski definition) is 2. The van der Waals surface area contributed by atoms with Crippen molar-refractivity contribution in [3.8, 4) is 0 Å². The van der Waals surface area contributed by atoms with Crippen molar-refractivity contribution < 1.29 is 8.78 Å². The maximum atomic E-state index is 13.3. The van der Waals surface area contributed by atoms with E-state index in [2.05, 4.69) is 31.4 Å². The minimum Gasteiger partial charge on any atom is -0.315 e. The summed E-state index contributed by atoms with van der Waals surface area (Å²) in [5.74, 6) is -0.936. The first kappa shape index (κ1) is 15.1. The van der Waals surface area contributed by atoms with Gasteiger partial charge in [0.2, 0.25) is 0 Å². The lowest BCUT2D eigenvalue weighted by atomic mass is 10.1. The molecule has 0 atom stereocenters. The summed E-state index contributed by atoms with van der Waals surface area (Å²) in [6, 6.07) is 3.97. The largest absolute Gasteiger partial charge is 0.315 e. The minimum absolute atomic E-state index is 0.0966. The van der Waals surface area contributed by atoms with Crippen LogP contribution in [0, 0.1) is 11.6 Å². The van der Waals surface area contributed by atoms with Gasteiger partial charge in [0.15, 0.2) is 0 Å². The zero-order valence-corrected chi connectivity index (χ0v) is 11.3. The summed E-state index contributed by atoms with van der Waals surface area (Å²) in [6.07, 6.45) is 0.369. The third kappa shape index (κ3) is 5.56. The summed E-state index contributed by atoms with van der Waals surface area (Å²) in [5.41, 5.74) is 0.257. The van der Waals surface area contributed by atoms with E-state index in [-0.39, 0.29) is 11.1 Å². The van der Waals surface area contributed by atoms with Crippen LogP contribution in [-0.2, 0) is 6.42 Å². The Morgan fingerprint density at radius 2 is 1.61 bits per heavy atom. The van der Waals surface area contributed by atoms with Crippen molar-refractivity contribution in [1.29, 1.82) is 0 Å². The lowest BCUT2D eigenvalue weighted by Crippen LogP contribution is -2.40. The lowest BCUT2D eigenvalue weighted by Gasteiger charge is -2.20. The molecule has 0 aliphatic heterocycles. The van der Waals surface area contributed by atoms with Crippen LogP contribution >= 0.6 is 0 Å². The maximum Gasteiger partial charge on any atom is 0.129 e. The fourth-order valence-corrected chi connectivity index (χ4v) is 1.64. The lowest BCUT2D eigenvalue weighted by molar-refractivity contribution is 0.421. The second kappa shape index (κ2) is 6.81. The van der Waals surface area contributed by atoms with E-state index < -0.39 is 11.6 Å². The van der Waals surface area contributed by atoms with Crippen molar-refractivity contribution >= 4 is 0 Å². The molecule has 0 saturated heterocycles. The van der Waals surface area contributed by atoms with Crippen LogP contribution in [0.25, 0.3) is 0 Å². The molecule has 0 radical (unpaired) electrons. The molecule has 0 amide bonds. The summed E-state index contributed by atoms with van der Waals surface area (Å²) in [4.78, 5) is 0. The van der Waals surface area contributed by atoms with Gasteiger partial charge in [0.1, 0.15) is 11.6 Å². The molecule has 102 valence electrons. The van der Waals surface area contributed by atoms with Gasteiger partial charge in [-0.1, -0.05) is 6.07 Å². The predicted octanol–water partition coefficient (Wildman–Crippen LogP) is 2.49. The van der Waals surface area contributed by atoms with E-state index in [0.29, 0.717) is 13.0 Å². The van der Waals surface area contributed by atoms with Crippen LogP contribution < -0.4 is 10.6 Å². The Kier molecular flexibility index (Phi) is 5.69. The second-order valence-electron chi connectivity index (χ2n) is 5.38. The van der Waals surface area contributed by atoms with Gasteiger partial charge >= 0.3 is 0 Å². The van der Waals surface area contributed by atoms with Gasteiger partial charge in [-0.05, 0) is 45.9 Å². The first-order valence-corrected chi connectivity index (χ1v) is 6.29. The van der Waals surface area contributed by atoms with Gasteiger partial charge in [0.25, 0.3) is 0 Å². The average Bonchev–Trinajstić information content (AvgIpc) is 2.25. The number of nitrogens with one attached hydrogen (secondary N) is 2. The Labute approximate surface area is 108 Å². The normalized spacial score (nSPS) is 11.8. The summed E-state index contributed by atoms with van der Waals surface area (Å²) < 4.78 is 26.6.